The summed E-state index contributed by atoms with van der Waals surface area (Å²) in [6, 6.07) is 3.77. The lowest BCUT2D eigenvalue weighted by Gasteiger charge is -2.30. The van der Waals surface area contributed by atoms with Gasteiger partial charge in [-0.05, 0) is 44.0 Å². The van der Waals surface area contributed by atoms with Gasteiger partial charge in [-0.3, -0.25) is 4.79 Å². The first-order valence-electron chi connectivity index (χ1n) is 7.98. The second kappa shape index (κ2) is 8.02. The smallest absolute Gasteiger partial charge is 0.251 e. The maximum atomic E-state index is 12.6. The summed E-state index contributed by atoms with van der Waals surface area (Å²) in [4.78, 5) is 12.6. The molecule has 1 fully saturated rings. The maximum absolute atomic E-state index is 12.6. The van der Waals surface area contributed by atoms with Gasteiger partial charge in [0.25, 0.3) is 5.91 Å². The van der Waals surface area contributed by atoms with Gasteiger partial charge in [0.05, 0.1) is 14.2 Å². The zero-order valence-electron chi connectivity index (χ0n) is 14.1. The highest BCUT2D eigenvalue weighted by Crippen LogP contribution is 2.33. The van der Waals surface area contributed by atoms with E-state index in [-0.39, 0.29) is 11.9 Å². The molecule has 5 nitrogen and oxygen atoms in total. The molecule has 23 heavy (non-hydrogen) atoms. The summed E-state index contributed by atoms with van der Waals surface area (Å²) in [5.41, 5.74) is 1.48. The van der Waals surface area contributed by atoms with Gasteiger partial charge in [0.1, 0.15) is 0 Å². The van der Waals surface area contributed by atoms with Gasteiger partial charge in [-0.1, -0.05) is 13.0 Å². The molecular weight excluding hydrogens is 292 g/mol. The Bertz CT molecular complexity index is 572. The first kappa shape index (κ1) is 17.3. The molecule has 1 saturated heterocycles. The molecule has 2 atom stereocenters. The Hall–Kier alpha value is -2.01. The van der Waals surface area contributed by atoms with Crippen LogP contribution in [0.1, 0.15) is 29.3 Å². The topological polar surface area (TPSA) is 59.6 Å². The number of benzene rings is 1. The summed E-state index contributed by atoms with van der Waals surface area (Å²) in [5, 5.41) is 6.48. The predicted octanol–water partition coefficient (Wildman–Crippen LogP) is 2.16. The summed E-state index contributed by atoms with van der Waals surface area (Å²) in [5.74, 6) is 1.56. The van der Waals surface area contributed by atoms with E-state index in [0.717, 1.165) is 25.1 Å². The number of ether oxygens (including phenoxy) is 2. The standard InChI is InChI=1S/C18H26N2O3/c1-5-6-13-9-14(10-16(22-3)17(13)23-4)18(21)20-15-7-8-19-11-12(15)2/h5,9-10,12,15,19H,1,6-8,11H2,2-4H3,(H,20,21). The summed E-state index contributed by atoms with van der Waals surface area (Å²) < 4.78 is 10.8. The van der Waals surface area contributed by atoms with E-state index in [0.29, 0.717) is 29.4 Å². The molecule has 1 aliphatic heterocycles. The average molecular weight is 318 g/mol. The van der Waals surface area contributed by atoms with Gasteiger partial charge < -0.3 is 20.1 Å². The van der Waals surface area contributed by atoms with Crippen LogP contribution < -0.4 is 20.1 Å². The van der Waals surface area contributed by atoms with Crippen molar-refractivity contribution in [1.82, 2.24) is 10.6 Å². The van der Waals surface area contributed by atoms with Crippen LogP contribution in [0.4, 0.5) is 0 Å². The number of methoxy groups -OCH3 is 2. The molecular formula is C18H26N2O3. The van der Waals surface area contributed by atoms with Crippen molar-refractivity contribution in [3.8, 4) is 11.5 Å². The van der Waals surface area contributed by atoms with Crippen molar-refractivity contribution in [2.24, 2.45) is 5.92 Å². The van der Waals surface area contributed by atoms with Gasteiger partial charge in [0.15, 0.2) is 11.5 Å². The number of hydrogen-bond donors (Lipinski definition) is 2. The summed E-state index contributed by atoms with van der Waals surface area (Å²) in [6.07, 6.45) is 3.35. The Balaban J connectivity index is 2.25. The SMILES string of the molecule is C=CCc1cc(C(=O)NC2CCNCC2C)cc(OC)c1OC. The number of hydrogen-bond acceptors (Lipinski definition) is 4. The number of rotatable bonds is 6. The zero-order chi connectivity index (χ0) is 16.8. The Labute approximate surface area is 138 Å². The quantitative estimate of drug-likeness (QED) is 0.789. The van der Waals surface area contributed by atoms with Gasteiger partial charge >= 0.3 is 0 Å². The fraction of sp³-hybridized carbons (Fsp3) is 0.500. The molecule has 126 valence electrons. The Morgan fingerprint density at radius 2 is 2.22 bits per heavy atom. The number of carbonyl (C=O) groups is 1. The largest absolute Gasteiger partial charge is 0.493 e. The Morgan fingerprint density at radius 3 is 2.83 bits per heavy atom. The molecule has 0 radical (unpaired) electrons. The second-order valence-corrected chi connectivity index (χ2v) is 5.91. The first-order chi connectivity index (χ1) is 11.1. The summed E-state index contributed by atoms with van der Waals surface area (Å²) in [6.45, 7) is 7.77. The predicted molar refractivity (Wildman–Crippen MR) is 91.4 cm³/mol. The van der Waals surface area contributed by atoms with Crippen LogP contribution >= 0.6 is 0 Å². The van der Waals surface area contributed by atoms with Gasteiger partial charge in [-0.2, -0.15) is 0 Å². The Morgan fingerprint density at radius 1 is 1.43 bits per heavy atom. The fourth-order valence-electron chi connectivity index (χ4n) is 2.96. The van der Waals surface area contributed by atoms with Crippen molar-refractivity contribution in [3.63, 3.8) is 0 Å². The molecule has 1 amide bonds. The van der Waals surface area contributed by atoms with E-state index >= 15 is 0 Å². The van der Waals surface area contributed by atoms with Crippen molar-refractivity contribution in [2.45, 2.75) is 25.8 Å². The Kier molecular flexibility index (Phi) is 6.04. The second-order valence-electron chi connectivity index (χ2n) is 5.91. The molecule has 2 unspecified atom stereocenters. The lowest BCUT2D eigenvalue weighted by molar-refractivity contribution is 0.0913. The van der Waals surface area contributed by atoms with Gasteiger partial charge in [-0.25, -0.2) is 0 Å². The third-order valence-corrected chi connectivity index (χ3v) is 4.28. The highest BCUT2D eigenvalue weighted by Gasteiger charge is 2.24. The molecule has 1 heterocycles. The molecule has 2 N–H and O–H groups in total. The van der Waals surface area contributed by atoms with Crippen LogP contribution in [0.25, 0.3) is 0 Å². The molecule has 0 saturated carbocycles. The molecule has 0 spiro atoms. The summed E-state index contributed by atoms with van der Waals surface area (Å²) in [7, 11) is 3.17. The number of allylic oxidation sites excluding steroid dienone is 1. The highest BCUT2D eigenvalue weighted by molar-refractivity contribution is 5.95. The van der Waals surface area contributed by atoms with Crippen LogP contribution in [0.2, 0.25) is 0 Å². The van der Waals surface area contributed by atoms with Gasteiger partial charge in [0.2, 0.25) is 0 Å². The van der Waals surface area contributed by atoms with Crippen LogP contribution in [0.15, 0.2) is 24.8 Å². The van der Waals surface area contributed by atoms with E-state index in [4.69, 9.17) is 9.47 Å². The highest BCUT2D eigenvalue weighted by atomic mass is 16.5. The molecule has 0 bridgehead atoms. The molecule has 2 rings (SSSR count). The molecule has 5 heteroatoms. The zero-order valence-corrected chi connectivity index (χ0v) is 14.1. The van der Waals surface area contributed by atoms with Crippen LogP contribution in [0, 0.1) is 5.92 Å². The van der Waals surface area contributed by atoms with Crippen LogP contribution in [0.5, 0.6) is 11.5 Å². The minimum atomic E-state index is -0.0741. The van der Waals surface area contributed by atoms with E-state index in [2.05, 4.69) is 24.1 Å². The van der Waals surface area contributed by atoms with Crippen molar-refractivity contribution < 1.29 is 14.3 Å². The molecule has 0 aromatic heterocycles. The third kappa shape index (κ3) is 4.05. The maximum Gasteiger partial charge on any atom is 0.251 e. The van der Waals surface area contributed by atoms with E-state index in [1.165, 1.54) is 0 Å². The fourth-order valence-corrected chi connectivity index (χ4v) is 2.96. The van der Waals surface area contributed by atoms with Crippen LogP contribution in [-0.2, 0) is 6.42 Å². The van der Waals surface area contributed by atoms with E-state index < -0.39 is 0 Å². The molecule has 1 aromatic rings. The van der Waals surface area contributed by atoms with Crippen molar-refractivity contribution in [3.05, 3.63) is 35.9 Å². The van der Waals surface area contributed by atoms with Crippen molar-refractivity contribution in [2.75, 3.05) is 27.3 Å². The van der Waals surface area contributed by atoms with Crippen LogP contribution in [0.3, 0.4) is 0 Å². The van der Waals surface area contributed by atoms with Crippen molar-refractivity contribution >= 4 is 5.91 Å². The number of nitrogens with one attached hydrogen (secondary N) is 2. The van der Waals surface area contributed by atoms with Crippen molar-refractivity contribution in [1.29, 1.82) is 0 Å². The van der Waals surface area contributed by atoms with E-state index in [1.54, 1.807) is 26.4 Å². The lowest BCUT2D eigenvalue weighted by Crippen LogP contribution is -2.48. The number of amides is 1. The number of carbonyl (C=O) groups excluding carboxylic acids is 1. The minimum absolute atomic E-state index is 0.0741. The average Bonchev–Trinajstić information content (AvgIpc) is 2.56. The molecule has 1 aliphatic rings. The van der Waals surface area contributed by atoms with Gasteiger partial charge in [0, 0.05) is 17.2 Å². The number of piperidine rings is 1. The monoisotopic (exact) mass is 318 g/mol. The minimum Gasteiger partial charge on any atom is -0.493 e. The van der Waals surface area contributed by atoms with Crippen LogP contribution in [-0.4, -0.2) is 39.3 Å². The lowest BCUT2D eigenvalue weighted by atomic mass is 9.95. The first-order valence-corrected chi connectivity index (χ1v) is 7.98. The van der Waals surface area contributed by atoms with E-state index in [9.17, 15) is 4.79 Å². The normalized spacial score (nSPS) is 20.7. The van der Waals surface area contributed by atoms with E-state index in [1.807, 2.05) is 6.07 Å². The summed E-state index contributed by atoms with van der Waals surface area (Å²) >= 11 is 0. The third-order valence-electron chi connectivity index (χ3n) is 4.28. The molecule has 0 aliphatic carbocycles. The molecule has 1 aromatic carbocycles. The van der Waals surface area contributed by atoms with Gasteiger partial charge in [-0.15, -0.1) is 6.58 Å².